The largest absolute Gasteiger partial charge is 0.291 e. The molecule has 0 saturated heterocycles. The standard InChI is InChI=1S/C9H18OS/c1-4-9(11-7-10)6-5-8(2)3/h7-9H,4-6H2,1-3H3. The van der Waals surface area contributed by atoms with Gasteiger partial charge in [-0.05, 0) is 25.2 Å². The molecule has 0 heterocycles. The van der Waals surface area contributed by atoms with E-state index in [4.69, 9.17) is 0 Å². The molecule has 0 aromatic carbocycles. The summed E-state index contributed by atoms with van der Waals surface area (Å²) in [6.07, 6.45) is 3.52. The fraction of sp³-hybridized carbons (Fsp3) is 0.889. The molecule has 0 aromatic rings. The molecule has 0 saturated carbocycles. The van der Waals surface area contributed by atoms with Crippen molar-refractivity contribution in [3.05, 3.63) is 0 Å². The van der Waals surface area contributed by atoms with Gasteiger partial charge in [-0.2, -0.15) is 0 Å². The van der Waals surface area contributed by atoms with Gasteiger partial charge in [-0.1, -0.05) is 32.5 Å². The van der Waals surface area contributed by atoms with E-state index < -0.39 is 0 Å². The summed E-state index contributed by atoms with van der Waals surface area (Å²) in [6, 6.07) is 0. The minimum atomic E-state index is 0.551. The second-order valence-electron chi connectivity index (χ2n) is 3.23. The molecule has 0 aliphatic heterocycles. The molecular formula is C9H18OS. The number of hydrogen-bond acceptors (Lipinski definition) is 2. The normalized spacial score (nSPS) is 13.5. The van der Waals surface area contributed by atoms with Crippen LogP contribution < -0.4 is 0 Å². The van der Waals surface area contributed by atoms with Gasteiger partial charge in [-0.25, -0.2) is 0 Å². The molecule has 0 aliphatic carbocycles. The van der Waals surface area contributed by atoms with Gasteiger partial charge < -0.3 is 0 Å². The molecule has 1 atom stereocenters. The smallest absolute Gasteiger partial charge is 0.176 e. The lowest BCUT2D eigenvalue weighted by molar-refractivity contribution is 0.540. The molecule has 0 aliphatic rings. The second-order valence-corrected chi connectivity index (χ2v) is 4.37. The lowest BCUT2D eigenvalue weighted by Crippen LogP contribution is -2.02. The van der Waals surface area contributed by atoms with Crippen LogP contribution in [0.1, 0.15) is 40.0 Å². The van der Waals surface area contributed by atoms with Crippen molar-refractivity contribution in [2.24, 2.45) is 5.92 Å². The van der Waals surface area contributed by atoms with Crippen molar-refractivity contribution in [1.82, 2.24) is 0 Å². The Hall–Kier alpha value is 0.0200. The summed E-state index contributed by atoms with van der Waals surface area (Å²) in [5.74, 6) is 0.760. The van der Waals surface area contributed by atoms with E-state index in [2.05, 4.69) is 20.8 Å². The average Bonchev–Trinajstić information content (AvgIpc) is 1.97. The minimum Gasteiger partial charge on any atom is -0.291 e. The van der Waals surface area contributed by atoms with Crippen LogP contribution in [0, 0.1) is 5.92 Å². The maximum atomic E-state index is 10.2. The van der Waals surface area contributed by atoms with Crippen molar-refractivity contribution in [3.63, 3.8) is 0 Å². The zero-order chi connectivity index (χ0) is 8.69. The maximum absolute atomic E-state index is 10.2. The molecule has 0 bridgehead atoms. The number of carbonyl (C=O) groups is 1. The van der Waals surface area contributed by atoms with Gasteiger partial charge >= 0.3 is 0 Å². The molecule has 11 heavy (non-hydrogen) atoms. The molecule has 0 amide bonds. The van der Waals surface area contributed by atoms with E-state index >= 15 is 0 Å². The summed E-state index contributed by atoms with van der Waals surface area (Å²) in [5.41, 5.74) is 0.967. The van der Waals surface area contributed by atoms with Gasteiger partial charge in [0.15, 0.2) is 5.62 Å². The van der Waals surface area contributed by atoms with Crippen molar-refractivity contribution >= 4 is 17.4 Å². The molecule has 0 N–H and O–H groups in total. The van der Waals surface area contributed by atoms with E-state index in [-0.39, 0.29) is 0 Å². The summed E-state index contributed by atoms with van der Waals surface area (Å²) in [4.78, 5) is 10.2. The number of carbonyl (C=O) groups excluding carboxylic acids is 1. The number of hydrogen-bond donors (Lipinski definition) is 0. The first-order chi connectivity index (χ1) is 5.20. The zero-order valence-electron chi connectivity index (χ0n) is 7.67. The Balaban J connectivity index is 3.43. The van der Waals surface area contributed by atoms with Crippen molar-refractivity contribution in [3.8, 4) is 0 Å². The highest BCUT2D eigenvalue weighted by Crippen LogP contribution is 2.19. The first-order valence-corrected chi connectivity index (χ1v) is 5.24. The van der Waals surface area contributed by atoms with Crippen molar-refractivity contribution in [2.75, 3.05) is 0 Å². The van der Waals surface area contributed by atoms with Crippen LogP contribution in [0.15, 0.2) is 0 Å². The Morgan fingerprint density at radius 1 is 1.36 bits per heavy atom. The molecule has 1 unspecified atom stereocenters. The first kappa shape index (κ1) is 11.0. The van der Waals surface area contributed by atoms with Crippen LogP contribution >= 0.6 is 11.8 Å². The Labute approximate surface area is 73.9 Å². The van der Waals surface area contributed by atoms with Crippen molar-refractivity contribution in [2.45, 2.75) is 45.3 Å². The van der Waals surface area contributed by atoms with Gasteiger partial charge in [0.1, 0.15) is 0 Å². The lowest BCUT2D eigenvalue weighted by atomic mass is 10.1. The minimum absolute atomic E-state index is 0.551. The van der Waals surface area contributed by atoms with E-state index in [1.54, 1.807) is 0 Å². The van der Waals surface area contributed by atoms with Gasteiger partial charge in [-0.15, -0.1) is 0 Å². The molecule has 0 fully saturated rings. The predicted molar refractivity (Wildman–Crippen MR) is 52.5 cm³/mol. The summed E-state index contributed by atoms with van der Waals surface area (Å²) in [5, 5.41) is 0.551. The molecular weight excluding hydrogens is 156 g/mol. The van der Waals surface area contributed by atoms with Gasteiger partial charge in [0.2, 0.25) is 0 Å². The first-order valence-electron chi connectivity index (χ1n) is 4.29. The topological polar surface area (TPSA) is 17.1 Å². The molecule has 1 nitrogen and oxygen atoms in total. The highest BCUT2D eigenvalue weighted by molar-refractivity contribution is 8.12. The highest BCUT2D eigenvalue weighted by Gasteiger charge is 2.06. The van der Waals surface area contributed by atoms with Crippen LogP contribution in [-0.2, 0) is 4.79 Å². The van der Waals surface area contributed by atoms with Crippen LogP contribution in [-0.4, -0.2) is 10.9 Å². The summed E-state index contributed by atoms with van der Waals surface area (Å²) >= 11 is 1.44. The number of rotatable bonds is 6. The van der Waals surface area contributed by atoms with Gasteiger partial charge in [0, 0.05) is 5.25 Å². The van der Waals surface area contributed by atoms with E-state index in [0.717, 1.165) is 18.0 Å². The average molecular weight is 174 g/mol. The van der Waals surface area contributed by atoms with E-state index in [0.29, 0.717) is 5.25 Å². The van der Waals surface area contributed by atoms with Gasteiger partial charge in [0.05, 0.1) is 0 Å². The van der Waals surface area contributed by atoms with Crippen LogP contribution in [0.4, 0.5) is 0 Å². The quantitative estimate of drug-likeness (QED) is 0.575. The molecule has 66 valence electrons. The lowest BCUT2D eigenvalue weighted by Gasteiger charge is -2.11. The third-order valence-corrected chi connectivity index (χ3v) is 2.83. The Bertz CT molecular complexity index is 102. The SMILES string of the molecule is CCC(CCC(C)C)SC=O. The molecule has 0 aromatic heterocycles. The van der Waals surface area contributed by atoms with Crippen molar-refractivity contribution in [1.29, 1.82) is 0 Å². The monoisotopic (exact) mass is 174 g/mol. The molecule has 0 rings (SSSR count). The van der Waals surface area contributed by atoms with Crippen LogP contribution in [0.25, 0.3) is 0 Å². The Morgan fingerprint density at radius 3 is 2.36 bits per heavy atom. The van der Waals surface area contributed by atoms with Gasteiger partial charge in [-0.3, -0.25) is 4.79 Å². The van der Waals surface area contributed by atoms with Crippen molar-refractivity contribution < 1.29 is 4.79 Å². The second kappa shape index (κ2) is 6.71. The zero-order valence-corrected chi connectivity index (χ0v) is 8.49. The van der Waals surface area contributed by atoms with E-state index in [9.17, 15) is 4.79 Å². The van der Waals surface area contributed by atoms with Crippen LogP contribution in [0.3, 0.4) is 0 Å². The summed E-state index contributed by atoms with van der Waals surface area (Å²) < 4.78 is 0. The highest BCUT2D eigenvalue weighted by atomic mass is 32.2. The van der Waals surface area contributed by atoms with E-state index in [1.807, 2.05) is 0 Å². The summed E-state index contributed by atoms with van der Waals surface area (Å²) in [7, 11) is 0. The molecule has 0 radical (unpaired) electrons. The van der Waals surface area contributed by atoms with E-state index in [1.165, 1.54) is 24.6 Å². The maximum Gasteiger partial charge on any atom is 0.176 e. The summed E-state index contributed by atoms with van der Waals surface area (Å²) in [6.45, 7) is 6.58. The Kier molecular flexibility index (Phi) is 6.73. The molecule has 0 spiro atoms. The predicted octanol–water partition coefficient (Wildman–Crippen LogP) is 3.12. The number of thioether (sulfide) groups is 1. The third kappa shape index (κ3) is 6.42. The van der Waals surface area contributed by atoms with Crippen LogP contribution in [0.5, 0.6) is 0 Å². The fourth-order valence-corrected chi connectivity index (χ4v) is 1.59. The molecule has 2 heteroatoms. The third-order valence-electron chi connectivity index (χ3n) is 1.77. The van der Waals surface area contributed by atoms with Crippen LogP contribution in [0.2, 0.25) is 0 Å². The Morgan fingerprint density at radius 2 is 2.00 bits per heavy atom. The fourth-order valence-electron chi connectivity index (χ4n) is 0.966. The van der Waals surface area contributed by atoms with Gasteiger partial charge in [0.25, 0.3) is 0 Å².